The molecule has 2 fully saturated rings. The number of halogens is 1. The van der Waals surface area contributed by atoms with Crippen LogP contribution >= 0.6 is 0 Å². The van der Waals surface area contributed by atoms with E-state index in [0.717, 1.165) is 16.9 Å². The van der Waals surface area contributed by atoms with Gasteiger partial charge in [-0.1, -0.05) is 13.0 Å². The van der Waals surface area contributed by atoms with Crippen LogP contribution in [-0.2, 0) is 16.0 Å². The maximum absolute atomic E-state index is 14.6. The number of anilines is 2. The summed E-state index contributed by atoms with van der Waals surface area (Å²) in [4.78, 5) is 43.7. The Hall–Kier alpha value is -4.20. The van der Waals surface area contributed by atoms with E-state index in [2.05, 4.69) is 25.6 Å². The number of amides is 2. The summed E-state index contributed by atoms with van der Waals surface area (Å²) in [6.07, 6.45) is 6.53. The zero-order valence-electron chi connectivity index (χ0n) is 26.4. The van der Waals surface area contributed by atoms with Crippen molar-refractivity contribution >= 4 is 40.3 Å². The molecule has 2 saturated heterocycles. The molecule has 5 heterocycles. The van der Waals surface area contributed by atoms with Crippen molar-refractivity contribution in [2.75, 3.05) is 58.3 Å². The van der Waals surface area contributed by atoms with Crippen molar-refractivity contribution in [1.29, 1.82) is 0 Å². The average molecular weight is 633 g/mol. The summed E-state index contributed by atoms with van der Waals surface area (Å²) >= 11 is 0. The number of dihydropyridines is 1. The molecule has 0 bridgehead atoms. The number of aliphatic hydroxyl groups is 1. The van der Waals surface area contributed by atoms with Crippen molar-refractivity contribution in [3.05, 3.63) is 59.7 Å². The highest BCUT2D eigenvalue weighted by molar-refractivity contribution is 6.26. The van der Waals surface area contributed by atoms with Gasteiger partial charge in [0.05, 0.1) is 36.4 Å². The minimum absolute atomic E-state index is 0.0159. The number of hydrogen-bond acceptors (Lipinski definition) is 9. The second kappa shape index (κ2) is 13.7. The molecular formula is C33H41FN8O4. The smallest absolute Gasteiger partial charge is 0.254 e. The minimum Gasteiger partial charge on any atom is -0.392 e. The number of aryl methyl sites for hydroxylation is 1. The molecule has 12 nitrogen and oxygen atoms in total. The number of carbonyl (C=O) groups excluding carboxylic acids is 2. The maximum atomic E-state index is 14.6. The summed E-state index contributed by atoms with van der Waals surface area (Å²) in [6.45, 7) is 6.72. The number of ether oxygens (including phenoxy) is 1. The van der Waals surface area contributed by atoms with Gasteiger partial charge in [-0.15, -0.1) is 0 Å². The number of fused-ring (bicyclic) bond motifs is 1. The molecular weight excluding hydrogens is 591 g/mol. The molecule has 244 valence electrons. The Balaban J connectivity index is 1.17. The standard InChI is InChI=1S/C33H41FN8O4/c1-4-22-14-23(5-6-25(22)32(44)40-9-11-41(12-10-40)33(45)27-15-24(43)17-36-27)39-30-31-38-18-28(42(31)8-7-35-30)26-13-21(19-46-3)16-37-29(26)20(2)34/h5-8,13-14,18,20-21,24,27,36,43H,4,9-12,15-17,19H2,1-3H3,(H,35,39). The van der Waals surface area contributed by atoms with E-state index in [4.69, 9.17) is 4.74 Å². The van der Waals surface area contributed by atoms with Gasteiger partial charge in [0.25, 0.3) is 5.91 Å². The van der Waals surface area contributed by atoms with Gasteiger partial charge in [-0.05, 0) is 43.5 Å². The number of allylic oxidation sites excluding steroid dienone is 1. The molecule has 3 N–H and O–H groups in total. The summed E-state index contributed by atoms with van der Waals surface area (Å²) in [5.74, 6) is 0.487. The Morgan fingerprint density at radius 1 is 1.20 bits per heavy atom. The summed E-state index contributed by atoms with van der Waals surface area (Å²) in [7, 11) is 1.64. The van der Waals surface area contributed by atoms with Crippen molar-refractivity contribution < 1.29 is 23.8 Å². The number of β-amino-alcohol motifs (C(OH)–C–C–N with tert-alkyl or cyclic N) is 1. The van der Waals surface area contributed by atoms with Crippen LogP contribution < -0.4 is 10.6 Å². The average Bonchev–Trinajstić information content (AvgIpc) is 3.71. The molecule has 4 unspecified atom stereocenters. The van der Waals surface area contributed by atoms with E-state index >= 15 is 0 Å². The summed E-state index contributed by atoms with van der Waals surface area (Å²) in [6, 6.07) is 5.28. The van der Waals surface area contributed by atoms with Crippen LogP contribution in [0.5, 0.6) is 0 Å². The first-order valence-corrected chi connectivity index (χ1v) is 15.9. The highest BCUT2D eigenvalue weighted by Gasteiger charge is 2.34. The Labute approximate surface area is 267 Å². The fraction of sp³-hybridized carbons (Fsp3) is 0.485. The van der Waals surface area contributed by atoms with Gasteiger partial charge in [0.15, 0.2) is 11.5 Å². The molecule has 2 amide bonds. The lowest BCUT2D eigenvalue weighted by Crippen LogP contribution is -2.54. The van der Waals surface area contributed by atoms with Crippen LogP contribution in [0.3, 0.4) is 0 Å². The first kappa shape index (κ1) is 31.8. The van der Waals surface area contributed by atoms with Gasteiger partial charge >= 0.3 is 0 Å². The third-order valence-corrected chi connectivity index (χ3v) is 8.90. The first-order chi connectivity index (χ1) is 22.3. The number of aromatic nitrogens is 3. The number of methoxy groups -OCH3 is 1. The number of nitrogens with zero attached hydrogens (tertiary/aromatic N) is 6. The summed E-state index contributed by atoms with van der Waals surface area (Å²) in [5, 5.41) is 16.2. The molecule has 3 aliphatic heterocycles. The summed E-state index contributed by atoms with van der Waals surface area (Å²) < 4.78 is 21.8. The van der Waals surface area contributed by atoms with Gasteiger partial charge in [-0.3, -0.25) is 19.0 Å². The number of benzene rings is 1. The Kier molecular flexibility index (Phi) is 9.43. The SMILES string of the molecule is CCc1cc(Nc2nccn3c(C4=CC(COC)CN=C4C(C)F)cnc23)ccc1C(=O)N1CCN(C(=O)C2CC(O)CN2)CC1. The number of nitrogens with one attached hydrogen (secondary N) is 2. The normalized spacial score (nSPS) is 22.5. The largest absolute Gasteiger partial charge is 0.392 e. The number of alkyl halides is 1. The van der Waals surface area contributed by atoms with Crippen molar-refractivity contribution in [3.8, 4) is 0 Å². The zero-order chi connectivity index (χ0) is 32.4. The molecule has 0 spiro atoms. The van der Waals surface area contributed by atoms with Crippen molar-refractivity contribution in [1.82, 2.24) is 29.5 Å². The predicted molar refractivity (Wildman–Crippen MR) is 173 cm³/mol. The molecule has 4 atom stereocenters. The van der Waals surface area contributed by atoms with E-state index in [0.29, 0.717) is 87.0 Å². The van der Waals surface area contributed by atoms with Crippen LogP contribution in [0.15, 0.2) is 47.9 Å². The zero-order valence-corrected chi connectivity index (χ0v) is 26.4. The van der Waals surface area contributed by atoms with Crippen LogP contribution in [0.1, 0.15) is 41.9 Å². The highest BCUT2D eigenvalue weighted by atomic mass is 19.1. The van der Waals surface area contributed by atoms with Gasteiger partial charge in [-0.25, -0.2) is 14.4 Å². The third-order valence-electron chi connectivity index (χ3n) is 8.90. The molecule has 0 aliphatic carbocycles. The van der Waals surface area contributed by atoms with Crippen LogP contribution in [0.2, 0.25) is 0 Å². The maximum Gasteiger partial charge on any atom is 0.254 e. The molecule has 6 rings (SSSR count). The number of rotatable bonds is 9. The second-order valence-electron chi connectivity index (χ2n) is 12.1. The van der Waals surface area contributed by atoms with E-state index in [1.54, 1.807) is 35.5 Å². The molecule has 3 aromatic rings. The molecule has 1 aromatic carbocycles. The summed E-state index contributed by atoms with van der Waals surface area (Å²) in [5.41, 5.74) is 4.67. The van der Waals surface area contributed by atoms with Crippen LogP contribution in [0.4, 0.5) is 15.9 Å². The molecule has 0 radical (unpaired) electrons. The molecule has 3 aliphatic rings. The number of piperazine rings is 1. The number of hydrogen-bond donors (Lipinski definition) is 3. The lowest BCUT2D eigenvalue weighted by molar-refractivity contribution is -0.134. The fourth-order valence-corrected chi connectivity index (χ4v) is 6.49. The monoisotopic (exact) mass is 632 g/mol. The lowest BCUT2D eigenvalue weighted by Gasteiger charge is -2.36. The Morgan fingerprint density at radius 2 is 1.98 bits per heavy atom. The number of imidazole rings is 1. The molecule has 2 aromatic heterocycles. The highest BCUT2D eigenvalue weighted by Crippen LogP contribution is 2.29. The van der Waals surface area contributed by atoms with Gasteiger partial charge in [0, 0.05) is 81.5 Å². The van der Waals surface area contributed by atoms with Crippen LogP contribution in [0, 0.1) is 5.92 Å². The second-order valence-corrected chi connectivity index (χ2v) is 12.1. The van der Waals surface area contributed by atoms with Crippen molar-refractivity contribution in [3.63, 3.8) is 0 Å². The molecule has 46 heavy (non-hydrogen) atoms. The van der Waals surface area contributed by atoms with Gasteiger partial charge < -0.3 is 30.3 Å². The number of aliphatic hydroxyl groups excluding tert-OH is 1. The van der Waals surface area contributed by atoms with Crippen molar-refractivity contribution in [2.45, 2.75) is 45.0 Å². The Bertz CT molecular complexity index is 1660. The van der Waals surface area contributed by atoms with E-state index < -0.39 is 12.3 Å². The molecule has 13 heteroatoms. The molecule has 0 saturated carbocycles. The van der Waals surface area contributed by atoms with E-state index in [1.807, 2.05) is 35.6 Å². The number of aliphatic imine (C=N–C) groups is 1. The van der Waals surface area contributed by atoms with Gasteiger partial charge in [0.2, 0.25) is 5.91 Å². The van der Waals surface area contributed by atoms with E-state index in [-0.39, 0.29) is 23.8 Å². The minimum atomic E-state index is -1.23. The predicted octanol–water partition coefficient (Wildman–Crippen LogP) is 2.50. The Morgan fingerprint density at radius 3 is 2.67 bits per heavy atom. The number of carbonyl (C=O) groups is 2. The fourth-order valence-electron chi connectivity index (χ4n) is 6.49. The third kappa shape index (κ3) is 6.39. The van der Waals surface area contributed by atoms with Gasteiger partial charge in [-0.2, -0.15) is 0 Å². The first-order valence-electron chi connectivity index (χ1n) is 15.9. The van der Waals surface area contributed by atoms with Crippen LogP contribution in [0.25, 0.3) is 11.2 Å². The van der Waals surface area contributed by atoms with Gasteiger partial charge in [0.1, 0.15) is 6.17 Å². The quantitative estimate of drug-likeness (QED) is 0.328. The van der Waals surface area contributed by atoms with Crippen molar-refractivity contribution in [2.24, 2.45) is 10.9 Å². The topological polar surface area (TPSA) is 137 Å². The van der Waals surface area contributed by atoms with E-state index in [1.165, 1.54) is 6.92 Å². The van der Waals surface area contributed by atoms with Crippen LogP contribution in [-0.4, -0.2) is 118 Å². The van der Waals surface area contributed by atoms with E-state index in [9.17, 15) is 19.1 Å². The lowest BCUT2D eigenvalue weighted by atomic mass is 9.95.